The van der Waals surface area contributed by atoms with Crippen molar-refractivity contribution in [3.63, 3.8) is 0 Å². The first-order valence-corrected chi connectivity index (χ1v) is 13.3. The van der Waals surface area contributed by atoms with Crippen LogP contribution < -0.4 is 21.7 Å². The summed E-state index contributed by atoms with van der Waals surface area (Å²) in [5.41, 5.74) is 7.69. The Hall–Kier alpha value is -3.72. The number of carbonyl (C=O) groups excluding carboxylic acids is 4. The number of nitrogens with two attached hydrogens (primary N) is 1. The molecule has 0 aliphatic carbocycles. The van der Waals surface area contributed by atoms with Gasteiger partial charge in [0.05, 0.1) is 13.2 Å². The van der Waals surface area contributed by atoms with E-state index in [1.807, 2.05) is 74.5 Å². The third kappa shape index (κ3) is 10.5. The molecule has 9 heteroatoms. The Labute approximate surface area is 231 Å². The van der Waals surface area contributed by atoms with E-state index in [0.29, 0.717) is 6.42 Å². The minimum Gasteiger partial charge on any atom is -0.467 e. The van der Waals surface area contributed by atoms with E-state index in [2.05, 4.69) is 16.0 Å². The SMILES string of the molecule is COC(=O)[C@H](Cc1ccccc1)NC(=O)[C@H](Cc1ccccc1)NC(=O)[C@@H](NC(=O)[C@@H](N)CC(C)C)C(C)C. The van der Waals surface area contributed by atoms with E-state index in [1.54, 1.807) is 13.8 Å². The lowest BCUT2D eigenvalue weighted by Gasteiger charge is -2.27. The maximum atomic E-state index is 13.5. The molecule has 0 saturated heterocycles. The molecule has 0 radical (unpaired) electrons. The quantitative estimate of drug-likeness (QED) is 0.272. The van der Waals surface area contributed by atoms with Crippen molar-refractivity contribution in [3.05, 3.63) is 71.8 Å². The van der Waals surface area contributed by atoms with Crippen molar-refractivity contribution in [2.24, 2.45) is 17.6 Å². The van der Waals surface area contributed by atoms with Crippen LogP contribution in [0.15, 0.2) is 60.7 Å². The van der Waals surface area contributed by atoms with Crippen LogP contribution in [0, 0.1) is 11.8 Å². The van der Waals surface area contributed by atoms with Gasteiger partial charge in [0.1, 0.15) is 18.1 Å². The van der Waals surface area contributed by atoms with Crippen LogP contribution in [0.2, 0.25) is 0 Å². The molecule has 0 heterocycles. The molecule has 0 fully saturated rings. The van der Waals surface area contributed by atoms with E-state index in [1.165, 1.54) is 7.11 Å². The highest BCUT2D eigenvalue weighted by Gasteiger charge is 2.32. The molecule has 2 aromatic rings. The summed E-state index contributed by atoms with van der Waals surface area (Å²) in [7, 11) is 1.26. The molecule has 0 aliphatic rings. The second-order valence-corrected chi connectivity index (χ2v) is 10.5. The van der Waals surface area contributed by atoms with Crippen molar-refractivity contribution >= 4 is 23.7 Å². The maximum Gasteiger partial charge on any atom is 0.328 e. The van der Waals surface area contributed by atoms with Crippen molar-refractivity contribution in [2.75, 3.05) is 7.11 Å². The highest BCUT2D eigenvalue weighted by molar-refractivity contribution is 5.94. The minimum absolute atomic E-state index is 0.184. The van der Waals surface area contributed by atoms with Crippen molar-refractivity contribution < 1.29 is 23.9 Å². The second-order valence-electron chi connectivity index (χ2n) is 10.5. The zero-order chi connectivity index (χ0) is 28.9. The summed E-state index contributed by atoms with van der Waals surface area (Å²) in [6.45, 7) is 7.54. The van der Waals surface area contributed by atoms with Crippen LogP contribution in [-0.2, 0) is 36.8 Å². The molecule has 3 amide bonds. The molecule has 212 valence electrons. The van der Waals surface area contributed by atoms with Crippen LogP contribution >= 0.6 is 0 Å². The Kier molecular flexibility index (Phi) is 12.6. The topological polar surface area (TPSA) is 140 Å². The number of nitrogens with one attached hydrogen (secondary N) is 3. The Morgan fingerprint density at radius 1 is 0.718 bits per heavy atom. The Bertz CT molecular complexity index is 1080. The summed E-state index contributed by atoms with van der Waals surface area (Å²) >= 11 is 0. The number of amides is 3. The second kappa shape index (κ2) is 15.6. The van der Waals surface area contributed by atoms with Gasteiger partial charge < -0.3 is 26.4 Å². The minimum atomic E-state index is -1.01. The molecule has 39 heavy (non-hydrogen) atoms. The molecule has 5 N–H and O–H groups in total. The summed E-state index contributed by atoms with van der Waals surface area (Å²) in [5, 5.41) is 8.30. The normalized spacial score (nSPS) is 14.2. The zero-order valence-electron chi connectivity index (χ0n) is 23.5. The molecule has 0 aromatic heterocycles. The Morgan fingerprint density at radius 2 is 1.21 bits per heavy atom. The smallest absolute Gasteiger partial charge is 0.328 e. The van der Waals surface area contributed by atoms with Crippen molar-refractivity contribution in [1.29, 1.82) is 0 Å². The fraction of sp³-hybridized carbons (Fsp3) is 0.467. The molecule has 2 aromatic carbocycles. The van der Waals surface area contributed by atoms with Crippen LogP contribution in [-0.4, -0.2) is 55.0 Å². The first-order chi connectivity index (χ1) is 18.5. The zero-order valence-corrected chi connectivity index (χ0v) is 23.5. The summed E-state index contributed by atoms with van der Waals surface area (Å²) in [6.07, 6.45) is 0.889. The van der Waals surface area contributed by atoms with E-state index < -0.39 is 47.9 Å². The summed E-state index contributed by atoms with van der Waals surface area (Å²) < 4.78 is 4.93. The predicted molar refractivity (Wildman–Crippen MR) is 150 cm³/mol. The molecule has 4 atom stereocenters. The average Bonchev–Trinajstić information content (AvgIpc) is 2.90. The van der Waals surface area contributed by atoms with Crippen molar-refractivity contribution in [2.45, 2.75) is 71.1 Å². The summed E-state index contributed by atoms with van der Waals surface area (Å²) in [5.74, 6) is -2.11. The monoisotopic (exact) mass is 538 g/mol. The highest BCUT2D eigenvalue weighted by atomic mass is 16.5. The molecule has 0 bridgehead atoms. The molecule has 2 rings (SSSR count). The fourth-order valence-corrected chi connectivity index (χ4v) is 4.19. The standard InChI is InChI=1S/C30H42N4O5/c1-19(2)16-23(31)27(35)34-26(20(3)4)29(37)32-24(17-21-12-8-6-9-13-21)28(36)33-25(30(38)39-5)18-22-14-10-7-11-15-22/h6-15,19-20,23-26H,16-18,31H2,1-5H3,(H,32,37)(H,33,36)(H,34,35)/t23-,24-,25-,26-/m0/s1. The molecular formula is C30H42N4O5. The molecule has 0 saturated carbocycles. The third-order valence-electron chi connectivity index (χ3n) is 6.31. The van der Waals surface area contributed by atoms with Gasteiger partial charge in [-0.15, -0.1) is 0 Å². The first-order valence-electron chi connectivity index (χ1n) is 13.3. The van der Waals surface area contributed by atoms with E-state index in [0.717, 1.165) is 11.1 Å². The van der Waals surface area contributed by atoms with Crippen LogP contribution in [0.1, 0.15) is 45.2 Å². The largest absolute Gasteiger partial charge is 0.467 e. The third-order valence-corrected chi connectivity index (χ3v) is 6.31. The van der Waals surface area contributed by atoms with Gasteiger partial charge in [-0.05, 0) is 29.4 Å². The highest BCUT2D eigenvalue weighted by Crippen LogP contribution is 2.10. The summed E-state index contributed by atoms with van der Waals surface area (Å²) in [4.78, 5) is 52.1. The number of rotatable bonds is 14. The Morgan fingerprint density at radius 3 is 1.67 bits per heavy atom. The van der Waals surface area contributed by atoms with Crippen LogP contribution in [0.4, 0.5) is 0 Å². The number of methoxy groups -OCH3 is 1. The van der Waals surface area contributed by atoms with Crippen LogP contribution in [0.5, 0.6) is 0 Å². The van der Waals surface area contributed by atoms with E-state index >= 15 is 0 Å². The van der Waals surface area contributed by atoms with Crippen molar-refractivity contribution in [3.8, 4) is 0 Å². The Balaban J connectivity index is 2.25. The van der Waals surface area contributed by atoms with Gasteiger partial charge in [-0.3, -0.25) is 14.4 Å². The number of carbonyl (C=O) groups is 4. The fourth-order valence-electron chi connectivity index (χ4n) is 4.19. The van der Waals surface area contributed by atoms with Crippen LogP contribution in [0.25, 0.3) is 0 Å². The maximum absolute atomic E-state index is 13.5. The molecule has 0 unspecified atom stereocenters. The average molecular weight is 539 g/mol. The van der Waals surface area contributed by atoms with Gasteiger partial charge in [-0.25, -0.2) is 4.79 Å². The number of ether oxygens (including phenoxy) is 1. The van der Waals surface area contributed by atoms with Crippen molar-refractivity contribution in [1.82, 2.24) is 16.0 Å². The first kappa shape index (κ1) is 31.5. The van der Waals surface area contributed by atoms with Gasteiger partial charge in [0, 0.05) is 12.8 Å². The molecule has 0 aliphatic heterocycles. The number of esters is 1. The van der Waals surface area contributed by atoms with Gasteiger partial charge in [0.2, 0.25) is 17.7 Å². The van der Waals surface area contributed by atoms with Crippen LogP contribution in [0.3, 0.4) is 0 Å². The van der Waals surface area contributed by atoms with E-state index in [9.17, 15) is 19.2 Å². The van der Waals surface area contributed by atoms with Gasteiger partial charge in [-0.2, -0.15) is 0 Å². The lowest BCUT2D eigenvalue weighted by Crippen LogP contribution is -2.59. The van der Waals surface area contributed by atoms with Gasteiger partial charge in [-0.1, -0.05) is 88.4 Å². The molecular weight excluding hydrogens is 496 g/mol. The van der Waals surface area contributed by atoms with E-state index in [-0.39, 0.29) is 24.7 Å². The van der Waals surface area contributed by atoms with E-state index in [4.69, 9.17) is 10.5 Å². The van der Waals surface area contributed by atoms with Gasteiger partial charge >= 0.3 is 5.97 Å². The molecule has 9 nitrogen and oxygen atoms in total. The number of hydrogen-bond donors (Lipinski definition) is 4. The predicted octanol–water partition coefficient (Wildman–Crippen LogP) is 2.13. The van der Waals surface area contributed by atoms with Gasteiger partial charge in [0.15, 0.2) is 0 Å². The summed E-state index contributed by atoms with van der Waals surface area (Å²) in [6, 6.07) is 14.9. The molecule has 0 spiro atoms. The number of benzene rings is 2. The number of hydrogen-bond acceptors (Lipinski definition) is 6. The lowest BCUT2D eigenvalue weighted by atomic mass is 9.99. The lowest BCUT2D eigenvalue weighted by molar-refractivity contribution is -0.145. The van der Waals surface area contributed by atoms with Gasteiger partial charge in [0.25, 0.3) is 0 Å².